The largest absolute Gasteiger partial charge is 0.481 e. The van der Waals surface area contributed by atoms with E-state index in [1.165, 1.54) is 205 Å². The lowest BCUT2D eigenvalue weighted by Gasteiger charge is -2.31. The van der Waals surface area contributed by atoms with Crippen molar-refractivity contribution in [2.24, 2.45) is 148 Å². The molecule has 99 heavy (non-hydrogen) atoms. The zero-order valence-electron chi connectivity index (χ0n) is 68.6. The summed E-state index contributed by atoms with van der Waals surface area (Å²) in [7, 11) is 3.93. The second-order valence-corrected chi connectivity index (χ2v) is 37.4. The normalized spacial score (nSPS) is 27.1. The Labute approximate surface area is 613 Å². The van der Waals surface area contributed by atoms with Crippen molar-refractivity contribution >= 4 is 23.9 Å². The average molecular weight is 1390 g/mol. The predicted octanol–water partition coefficient (Wildman–Crippen LogP) is 24.5. The van der Waals surface area contributed by atoms with Crippen molar-refractivity contribution in [2.45, 2.75) is 380 Å². The SMILES string of the molecule is CCC(C)C1CCC(CCCCCC(C)C2CCC(CCC(C)CCC(C)C3CCC(CCC(C)CCC(CC(=O)O)NC)C3)C2)C1.CCC(CCC1CCC(C(C(=O)O)C(C)C)C1)C(C)C.CNC(C)CCC(C)CCC1CCC(C(CCC(C(C)C)C(C(=O)O)C(=O)O)C(C)C)C1. The number of unbranched alkanes of at least 4 members (excludes halogenated alkanes) is 2. The van der Waals surface area contributed by atoms with Crippen LogP contribution in [-0.4, -0.2) is 70.5 Å². The maximum absolute atomic E-state index is 11.6. The van der Waals surface area contributed by atoms with Gasteiger partial charge in [0.1, 0.15) is 0 Å². The summed E-state index contributed by atoms with van der Waals surface area (Å²) in [5, 5.41) is 44.0. The molecule has 5 aliphatic carbocycles. The van der Waals surface area contributed by atoms with Gasteiger partial charge in [-0.25, -0.2) is 0 Å². The molecule has 5 rings (SSSR count). The zero-order valence-corrected chi connectivity index (χ0v) is 68.6. The van der Waals surface area contributed by atoms with Gasteiger partial charge in [0.05, 0.1) is 12.3 Å². The monoisotopic (exact) mass is 1390 g/mol. The molecule has 0 radical (unpaired) electrons. The standard InChI is InChI=1S/C44H83NO2.C27H51NO4.C18H34O2/c1-8-34(4)40-24-21-37(28-40)13-11-9-10-12-35(5)41-25-22-38(29-41)19-15-32(2)14-18-36(6)42-26-23-39(30-42)20-16-33(3)17-27-43(45-7)31-44(46)47;1-17(2)23(14-15-24(18(3)4)25(26(29)30)27(31)32)22-13-12-21(16-22)11-9-19(5)8-10-20(6)28-7;1-6-15(12(2)3)9-7-14-8-10-16(11-14)17(13(4)5)18(19)20/h32-43,45H,8-31H2,1-7H3,(H,46,47);17-25,28H,8-16H2,1-7H3,(H,29,30)(H,31,32);12-17H,6-11H2,1-5H3,(H,19,20). The molecule has 22 atom stereocenters. The number of carboxylic acids is 4. The van der Waals surface area contributed by atoms with E-state index in [4.69, 9.17) is 5.11 Å². The molecule has 10 heteroatoms. The summed E-state index contributed by atoms with van der Waals surface area (Å²) < 4.78 is 0. The highest BCUT2D eigenvalue weighted by molar-refractivity contribution is 5.93. The van der Waals surface area contributed by atoms with Gasteiger partial charge in [-0.1, -0.05) is 246 Å². The lowest BCUT2D eigenvalue weighted by atomic mass is 9.73. The third-order valence-electron chi connectivity index (χ3n) is 28.5. The Kier molecular flexibility index (Phi) is 45.6. The first kappa shape index (κ1) is 91.0. The zero-order chi connectivity index (χ0) is 73.9. The van der Waals surface area contributed by atoms with Crippen LogP contribution in [-0.2, 0) is 19.2 Å². The van der Waals surface area contributed by atoms with Crippen molar-refractivity contribution in [3.8, 4) is 0 Å². The summed E-state index contributed by atoms with van der Waals surface area (Å²) in [6.07, 6.45) is 51.3. The minimum absolute atomic E-state index is 0.0449. The lowest BCUT2D eigenvalue weighted by Crippen LogP contribution is -2.35. The van der Waals surface area contributed by atoms with Crippen LogP contribution in [0.25, 0.3) is 0 Å². The van der Waals surface area contributed by atoms with Gasteiger partial charge >= 0.3 is 23.9 Å². The summed E-state index contributed by atoms with van der Waals surface area (Å²) in [5.74, 6) is 11.5. The third-order valence-corrected chi connectivity index (χ3v) is 28.5. The Bertz CT molecular complexity index is 2120. The quantitative estimate of drug-likeness (QED) is 0.0254. The highest BCUT2D eigenvalue weighted by Crippen LogP contribution is 2.47. The molecule has 10 nitrogen and oxygen atoms in total. The van der Waals surface area contributed by atoms with Crippen LogP contribution >= 0.6 is 0 Å². The van der Waals surface area contributed by atoms with Crippen LogP contribution in [0, 0.1) is 148 Å². The number of carboxylic acid groups (broad SMARTS) is 4. The number of nitrogens with one attached hydrogen (secondary N) is 2. The Morgan fingerprint density at radius 1 is 0.364 bits per heavy atom. The molecule has 582 valence electrons. The molecule has 5 saturated carbocycles. The van der Waals surface area contributed by atoms with Crippen molar-refractivity contribution in [3.63, 3.8) is 0 Å². The van der Waals surface area contributed by atoms with Gasteiger partial charge < -0.3 is 31.1 Å². The molecule has 0 amide bonds. The fraction of sp³-hybridized carbons (Fsp3) is 0.955. The fourth-order valence-corrected chi connectivity index (χ4v) is 20.6. The Hall–Kier alpha value is -2.20. The summed E-state index contributed by atoms with van der Waals surface area (Å²) in [6.45, 7) is 39.1. The van der Waals surface area contributed by atoms with Gasteiger partial charge in [-0.05, 0) is 266 Å². The van der Waals surface area contributed by atoms with Crippen LogP contribution in [0.15, 0.2) is 0 Å². The molecule has 0 bridgehead atoms. The fourth-order valence-electron chi connectivity index (χ4n) is 20.6. The second kappa shape index (κ2) is 49.6. The molecule has 0 aromatic heterocycles. The first-order valence-corrected chi connectivity index (χ1v) is 43.2. The molecule has 0 heterocycles. The smallest absolute Gasteiger partial charge is 0.318 e. The molecular formula is C89H168N2O8. The van der Waals surface area contributed by atoms with Crippen molar-refractivity contribution in [3.05, 3.63) is 0 Å². The van der Waals surface area contributed by atoms with Gasteiger partial charge in [-0.3, -0.25) is 19.2 Å². The molecule has 0 aliphatic heterocycles. The van der Waals surface area contributed by atoms with Crippen LogP contribution in [0.4, 0.5) is 0 Å². The van der Waals surface area contributed by atoms with E-state index in [0.717, 1.165) is 121 Å². The van der Waals surface area contributed by atoms with Crippen LogP contribution in [0.5, 0.6) is 0 Å². The van der Waals surface area contributed by atoms with Crippen LogP contribution < -0.4 is 10.6 Å². The Morgan fingerprint density at radius 3 is 1.22 bits per heavy atom. The van der Waals surface area contributed by atoms with Gasteiger partial charge in [0.25, 0.3) is 0 Å². The predicted molar refractivity (Wildman–Crippen MR) is 420 cm³/mol. The van der Waals surface area contributed by atoms with Crippen LogP contribution in [0.1, 0.15) is 368 Å². The molecular weight excluding hydrogens is 1220 g/mol. The summed E-state index contributed by atoms with van der Waals surface area (Å²) in [5.41, 5.74) is 0. The summed E-state index contributed by atoms with van der Waals surface area (Å²) in [6, 6.07) is 0.711. The van der Waals surface area contributed by atoms with Gasteiger partial charge in [-0.15, -0.1) is 0 Å². The molecule has 5 aliphatic rings. The second-order valence-electron chi connectivity index (χ2n) is 37.4. The first-order valence-electron chi connectivity index (χ1n) is 43.2. The van der Waals surface area contributed by atoms with E-state index in [1.807, 2.05) is 27.9 Å². The third kappa shape index (κ3) is 35.2. The minimum atomic E-state index is -1.30. The van der Waals surface area contributed by atoms with Gasteiger partial charge in [0.2, 0.25) is 0 Å². The van der Waals surface area contributed by atoms with Crippen molar-refractivity contribution in [2.75, 3.05) is 14.1 Å². The van der Waals surface area contributed by atoms with E-state index in [1.54, 1.807) is 0 Å². The Balaban J connectivity index is 0.000000422. The number of aliphatic carboxylic acids is 4. The number of rotatable bonds is 49. The molecule has 0 spiro atoms. The van der Waals surface area contributed by atoms with E-state index in [-0.39, 0.29) is 36.1 Å². The maximum Gasteiger partial charge on any atom is 0.318 e. The van der Waals surface area contributed by atoms with Crippen LogP contribution in [0.2, 0.25) is 0 Å². The van der Waals surface area contributed by atoms with E-state index in [9.17, 15) is 34.5 Å². The summed E-state index contributed by atoms with van der Waals surface area (Å²) in [4.78, 5) is 45.7. The van der Waals surface area contributed by atoms with Crippen molar-refractivity contribution < 1.29 is 39.6 Å². The maximum atomic E-state index is 11.6. The highest BCUT2D eigenvalue weighted by Gasteiger charge is 2.40. The van der Waals surface area contributed by atoms with Crippen LogP contribution in [0.3, 0.4) is 0 Å². The molecule has 0 aromatic carbocycles. The van der Waals surface area contributed by atoms with E-state index in [2.05, 4.69) is 114 Å². The van der Waals surface area contributed by atoms with E-state index in [0.29, 0.717) is 42.1 Å². The van der Waals surface area contributed by atoms with E-state index < -0.39 is 29.8 Å². The van der Waals surface area contributed by atoms with Crippen molar-refractivity contribution in [1.82, 2.24) is 10.6 Å². The highest BCUT2D eigenvalue weighted by atomic mass is 16.4. The topological polar surface area (TPSA) is 173 Å². The lowest BCUT2D eigenvalue weighted by molar-refractivity contribution is -0.158. The minimum Gasteiger partial charge on any atom is -0.481 e. The Morgan fingerprint density at radius 2 is 0.798 bits per heavy atom. The first-order chi connectivity index (χ1) is 46.9. The van der Waals surface area contributed by atoms with E-state index >= 15 is 0 Å². The number of hydrogen-bond acceptors (Lipinski definition) is 6. The molecule has 0 saturated heterocycles. The van der Waals surface area contributed by atoms with Gasteiger partial charge in [-0.2, -0.15) is 0 Å². The average Bonchev–Trinajstić information content (AvgIpc) is 1.82. The van der Waals surface area contributed by atoms with Crippen molar-refractivity contribution in [1.29, 1.82) is 0 Å². The van der Waals surface area contributed by atoms with Gasteiger partial charge in [0, 0.05) is 12.1 Å². The molecule has 22 unspecified atom stereocenters. The molecule has 0 aromatic rings. The van der Waals surface area contributed by atoms with Gasteiger partial charge in [0.15, 0.2) is 5.92 Å². The molecule has 6 N–H and O–H groups in total. The number of hydrogen-bond donors (Lipinski definition) is 6. The summed E-state index contributed by atoms with van der Waals surface area (Å²) >= 11 is 0. The molecule has 5 fully saturated rings. The number of carbonyl (C=O) groups is 4.